The zero-order valence-corrected chi connectivity index (χ0v) is 16.2. The highest BCUT2D eigenvalue weighted by Gasteiger charge is 2.13. The van der Waals surface area contributed by atoms with Crippen LogP contribution in [-0.2, 0) is 5.75 Å². The van der Waals surface area contributed by atoms with Gasteiger partial charge in [-0.1, -0.05) is 64.8 Å². The number of fused-ring (bicyclic) bond motifs is 3. The van der Waals surface area contributed by atoms with Gasteiger partial charge in [0, 0.05) is 16.2 Å². The highest BCUT2D eigenvalue weighted by Crippen LogP contribution is 2.34. The van der Waals surface area contributed by atoms with Crippen LogP contribution >= 0.6 is 46.6 Å². The van der Waals surface area contributed by atoms with Gasteiger partial charge in [-0.2, -0.15) is 0 Å². The van der Waals surface area contributed by atoms with Crippen LogP contribution in [0.25, 0.3) is 16.6 Å². The molecule has 0 fully saturated rings. The first-order valence-corrected chi connectivity index (χ1v) is 9.66. The Hall–Kier alpha value is -1.46. The Balaban J connectivity index is 1.77. The Morgan fingerprint density at radius 2 is 1.84 bits per heavy atom. The van der Waals surface area contributed by atoms with E-state index in [0.29, 0.717) is 20.8 Å². The minimum atomic E-state index is 0.456. The molecule has 2 heterocycles. The number of aryl methyl sites for hydroxylation is 1. The monoisotopic (exact) mass is 407 g/mol. The van der Waals surface area contributed by atoms with Crippen LogP contribution in [0, 0.1) is 6.92 Å². The molecule has 0 aliphatic heterocycles. The van der Waals surface area contributed by atoms with E-state index in [1.54, 1.807) is 17.8 Å². The largest absolute Gasteiger partial charge is 0.270 e. The van der Waals surface area contributed by atoms with Crippen molar-refractivity contribution < 1.29 is 0 Å². The maximum Gasteiger partial charge on any atom is 0.196 e. The van der Waals surface area contributed by atoms with Crippen LogP contribution in [0.3, 0.4) is 0 Å². The molecule has 4 aromatic rings. The van der Waals surface area contributed by atoms with Crippen LogP contribution in [0.5, 0.6) is 0 Å². The summed E-state index contributed by atoms with van der Waals surface area (Å²) in [6, 6.07) is 13.7. The van der Waals surface area contributed by atoms with E-state index in [0.717, 1.165) is 21.9 Å². The quantitative estimate of drug-likeness (QED) is 0.288. The molecular weight excluding hydrogens is 397 g/mol. The summed E-state index contributed by atoms with van der Waals surface area (Å²) in [6.07, 6.45) is 0. The fourth-order valence-electron chi connectivity index (χ4n) is 2.82. The fourth-order valence-corrected chi connectivity index (χ4v) is 4.55. The minimum Gasteiger partial charge on any atom is -0.270 e. The molecule has 25 heavy (non-hydrogen) atoms. The summed E-state index contributed by atoms with van der Waals surface area (Å²) in [7, 11) is 0. The second-order valence-corrected chi connectivity index (χ2v) is 7.83. The number of nitrogens with zero attached hydrogens (tertiary/aromatic N) is 3. The molecule has 0 saturated carbocycles. The molecule has 3 nitrogen and oxygen atoms in total. The van der Waals surface area contributed by atoms with E-state index in [1.165, 1.54) is 10.9 Å². The van der Waals surface area contributed by atoms with Crippen molar-refractivity contribution in [3.05, 3.63) is 68.7 Å². The first-order valence-electron chi connectivity index (χ1n) is 7.54. The van der Waals surface area contributed by atoms with Gasteiger partial charge in [-0.25, -0.2) is 0 Å². The number of aromatic nitrogens is 3. The summed E-state index contributed by atoms with van der Waals surface area (Å²) in [5.74, 6) is 0.599. The van der Waals surface area contributed by atoms with Crippen LogP contribution in [0.4, 0.5) is 0 Å². The molecule has 2 aromatic carbocycles. The Morgan fingerprint density at radius 1 is 1.04 bits per heavy atom. The molecule has 4 rings (SSSR count). The number of hydrogen-bond acceptors (Lipinski definition) is 3. The summed E-state index contributed by atoms with van der Waals surface area (Å²) < 4.78 is 2.06. The van der Waals surface area contributed by atoms with Gasteiger partial charge in [-0.05, 0) is 42.3 Å². The van der Waals surface area contributed by atoms with Crippen LogP contribution in [-0.4, -0.2) is 14.6 Å². The molecule has 0 atom stereocenters. The minimum absolute atomic E-state index is 0.456. The number of para-hydroxylation sites is 1. The predicted octanol–water partition coefficient (Wildman–Crippen LogP) is 6.44. The third-order valence-corrected chi connectivity index (χ3v) is 6.04. The fraction of sp³-hybridized carbons (Fsp3) is 0.111. The molecule has 0 spiro atoms. The molecule has 2 aromatic heterocycles. The molecule has 0 bridgehead atoms. The molecule has 0 radical (unpaired) electrons. The van der Waals surface area contributed by atoms with Crippen molar-refractivity contribution in [3.63, 3.8) is 0 Å². The van der Waals surface area contributed by atoms with Gasteiger partial charge in [0.2, 0.25) is 0 Å². The van der Waals surface area contributed by atoms with Gasteiger partial charge in [0.05, 0.1) is 15.6 Å². The topological polar surface area (TPSA) is 30.2 Å². The molecule has 0 aliphatic carbocycles. The Morgan fingerprint density at radius 3 is 2.68 bits per heavy atom. The average Bonchev–Trinajstić information content (AvgIpc) is 3.00. The lowest BCUT2D eigenvalue weighted by atomic mass is 10.1. The van der Waals surface area contributed by atoms with E-state index in [2.05, 4.69) is 33.7 Å². The van der Waals surface area contributed by atoms with Crippen molar-refractivity contribution in [1.29, 1.82) is 0 Å². The zero-order chi connectivity index (χ0) is 17.6. The lowest BCUT2D eigenvalue weighted by Gasteiger charge is -2.08. The molecule has 0 unspecified atom stereocenters. The molecule has 0 saturated heterocycles. The highest BCUT2D eigenvalue weighted by atomic mass is 35.5. The van der Waals surface area contributed by atoms with E-state index in [1.807, 2.05) is 24.3 Å². The number of halogens is 3. The van der Waals surface area contributed by atoms with Gasteiger partial charge in [0.25, 0.3) is 0 Å². The smallest absolute Gasteiger partial charge is 0.196 e. The zero-order valence-electron chi connectivity index (χ0n) is 13.1. The second kappa shape index (κ2) is 6.69. The summed E-state index contributed by atoms with van der Waals surface area (Å²) in [4.78, 5) is 0. The lowest BCUT2D eigenvalue weighted by molar-refractivity contribution is 0.939. The maximum atomic E-state index is 6.29. The number of rotatable bonds is 3. The molecule has 0 aliphatic rings. The van der Waals surface area contributed by atoms with Gasteiger partial charge in [-0.3, -0.25) is 4.40 Å². The van der Waals surface area contributed by atoms with Crippen LogP contribution in [0.2, 0.25) is 15.1 Å². The van der Waals surface area contributed by atoms with Crippen LogP contribution in [0.15, 0.2) is 47.6 Å². The summed E-state index contributed by atoms with van der Waals surface area (Å²) >= 11 is 20.0. The molecular formula is C18H12Cl3N3S. The standard InChI is InChI=1S/C18H12Cl3N3S/c1-10-6-16-22-23-18(24(16)15-5-3-2-4-13(10)15)25-9-11-7-12(19)8-14(20)17(11)21/h2-8H,9H2,1H3. The molecule has 0 N–H and O–H groups in total. The van der Waals surface area contributed by atoms with Crippen LogP contribution in [0.1, 0.15) is 11.1 Å². The molecule has 7 heteroatoms. The van der Waals surface area contributed by atoms with E-state index in [4.69, 9.17) is 34.8 Å². The van der Waals surface area contributed by atoms with E-state index in [-0.39, 0.29) is 0 Å². The van der Waals surface area contributed by atoms with Crippen molar-refractivity contribution in [2.45, 2.75) is 17.8 Å². The van der Waals surface area contributed by atoms with Crippen LogP contribution < -0.4 is 0 Å². The third kappa shape index (κ3) is 3.08. The van der Waals surface area contributed by atoms with Crippen molar-refractivity contribution >= 4 is 63.1 Å². The van der Waals surface area contributed by atoms with Crippen molar-refractivity contribution in [2.24, 2.45) is 0 Å². The van der Waals surface area contributed by atoms with E-state index >= 15 is 0 Å². The van der Waals surface area contributed by atoms with Gasteiger partial charge in [0.15, 0.2) is 10.8 Å². The molecule has 126 valence electrons. The highest BCUT2D eigenvalue weighted by molar-refractivity contribution is 7.98. The summed E-state index contributed by atoms with van der Waals surface area (Å²) in [5.41, 5.74) is 3.96. The predicted molar refractivity (Wildman–Crippen MR) is 106 cm³/mol. The first kappa shape index (κ1) is 17.0. The number of benzene rings is 2. The lowest BCUT2D eigenvalue weighted by Crippen LogP contribution is -1.93. The molecule has 0 amide bonds. The SMILES string of the molecule is Cc1cc2nnc(SCc3cc(Cl)cc(Cl)c3Cl)n2c2ccccc12. The second-order valence-electron chi connectivity index (χ2n) is 5.67. The Bertz CT molecular complexity index is 1110. The number of thioether (sulfide) groups is 1. The normalized spacial score (nSPS) is 11.5. The van der Waals surface area contributed by atoms with Gasteiger partial charge in [0.1, 0.15) is 0 Å². The van der Waals surface area contributed by atoms with Gasteiger partial charge in [-0.15, -0.1) is 10.2 Å². The number of hydrogen-bond donors (Lipinski definition) is 0. The van der Waals surface area contributed by atoms with Crippen molar-refractivity contribution in [3.8, 4) is 0 Å². The van der Waals surface area contributed by atoms with Crippen molar-refractivity contribution in [2.75, 3.05) is 0 Å². The first-order chi connectivity index (χ1) is 12.0. The average molecular weight is 409 g/mol. The van der Waals surface area contributed by atoms with E-state index < -0.39 is 0 Å². The van der Waals surface area contributed by atoms with E-state index in [9.17, 15) is 0 Å². The summed E-state index contributed by atoms with van der Waals surface area (Å²) in [6.45, 7) is 2.08. The Labute approximate surface area is 163 Å². The van der Waals surface area contributed by atoms with Crippen molar-refractivity contribution in [1.82, 2.24) is 14.6 Å². The third-order valence-electron chi connectivity index (χ3n) is 4.00. The number of pyridine rings is 1. The van der Waals surface area contributed by atoms with Gasteiger partial charge >= 0.3 is 0 Å². The van der Waals surface area contributed by atoms with Gasteiger partial charge < -0.3 is 0 Å². The maximum absolute atomic E-state index is 6.29. The Kier molecular flexibility index (Phi) is 4.54. The summed E-state index contributed by atoms with van der Waals surface area (Å²) in [5, 5.41) is 12.2.